The Labute approximate surface area is 123 Å². The van der Waals surface area contributed by atoms with Crippen molar-refractivity contribution in [1.82, 2.24) is 9.29 Å². The molecular formula is C14H15ClN2O2S. The number of aromatic nitrogens is 1. The van der Waals surface area contributed by atoms with Crippen LogP contribution in [0.2, 0.25) is 0 Å². The molecule has 0 unspecified atom stereocenters. The smallest absolute Gasteiger partial charge is 0.243 e. The predicted octanol–water partition coefficient (Wildman–Crippen LogP) is 2.63. The molecule has 1 saturated heterocycles. The first-order chi connectivity index (χ1) is 9.59. The fourth-order valence-electron chi connectivity index (χ4n) is 2.50. The van der Waals surface area contributed by atoms with E-state index in [0.717, 1.165) is 0 Å². The van der Waals surface area contributed by atoms with Crippen LogP contribution in [0.25, 0.3) is 10.9 Å². The Morgan fingerprint density at radius 1 is 1.15 bits per heavy atom. The van der Waals surface area contributed by atoms with E-state index in [2.05, 4.69) is 4.98 Å². The van der Waals surface area contributed by atoms with E-state index in [9.17, 15) is 8.42 Å². The van der Waals surface area contributed by atoms with Crippen LogP contribution in [-0.4, -0.2) is 36.2 Å². The summed E-state index contributed by atoms with van der Waals surface area (Å²) in [6, 6.07) is 8.75. The summed E-state index contributed by atoms with van der Waals surface area (Å²) in [5, 5.41) is 0.749. The number of hydrogen-bond donors (Lipinski definition) is 0. The van der Waals surface area contributed by atoms with Gasteiger partial charge in [-0.15, -0.1) is 11.6 Å². The van der Waals surface area contributed by atoms with Crippen LogP contribution in [0.4, 0.5) is 0 Å². The summed E-state index contributed by atoms with van der Waals surface area (Å²) in [5.41, 5.74) is 0.695. The average Bonchev–Trinajstić information content (AvgIpc) is 2.47. The fourth-order valence-corrected chi connectivity index (χ4v) is 4.37. The molecule has 0 bridgehead atoms. The van der Waals surface area contributed by atoms with Crippen molar-refractivity contribution >= 4 is 32.5 Å². The second-order valence-electron chi connectivity index (χ2n) is 4.90. The fraction of sp³-hybridized carbons (Fsp3) is 0.357. The maximum Gasteiger partial charge on any atom is 0.243 e. The molecular weight excluding hydrogens is 296 g/mol. The summed E-state index contributed by atoms with van der Waals surface area (Å²) < 4.78 is 27.0. The predicted molar refractivity (Wildman–Crippen MR) is 79.4 cm³/mol. The third-order valence-corrected chi connectivity index (χ3v) is 6.00. The maximum atomic E-state index is 12.8. The molecule has 4 nitrogen and oxygen atoms in total. The number of nitrogens with zero attached hydrogens (tertiary/aromatic N) is 2. The van der Waals surface area contributed by atoms with Crippen molar-refractivity contribution in [2.75, 3.05) is 13.1 Å². The van der Waals surface area contributed by atoms with Gasteiger partial charge in [0.25, 0.3) is 0 Å². The molecule has 6 heteroatoms. The molecule has 1 fully saturated rings. The number of benzene rings is 1. The highest BCUT2D eigenvalue weighted by molar-refractivity contribution is 7.89. The number of sulfonamides is 1. The van der Waals surface area contributed by atoms with Crippen molar-refractivity contribution in [3.63, 3.8) is 0 Å². The maximum absolute atomic E-state index is 12.8. The second-order valence-corrected chi connectivity index (χ2v) is 7.43. The first-order valence-corrected chi connectivity index (χ1v) is 8.44. The minimum Gasteiger partial charge on any atom is -0.256 e. The SMILES string of the molecule is O=S(=O)(c1cccc2ncccc12)N1CCC(Cl)CC1. The van der Waals surface area contributed by atoms with Crippen LogP contribution in [0.15, 0.2) is 41.4 Å². The van der Waals surface area contributed by atoms with Crippen LogP contribution in [0.3, 0.4) is 0 Å². The number of halogens is 1. The van der Waals surface area contributed by atoms with E-state index in [1.165, 1.54) is 4.31 Å². The van der Waals surface area contributed by atoms with Gasteiger partial charge in [0.05, 0.1) is 10.4 Å². The van der Waals surface area contributed by atoms with Gasteiger partial charge in [0, 0.05) is 30.0 Å². The van der Waals surface area contributed by atoms with Crippen LogP contribution < -0.4 is 0 Å². The van der Waals surface area contributed by atoms with Crippen molar-refractivity contribution in [2.45, 2.75) is 23.1 Å². The van der Waals surface area contributed by atoms with Gasteiger partial charge in [-0.05, 0) is 37.1 Å². The number of rotatable bonds is 2. The lowest BCUT2D eigenvalue weighted by molar-refractivity contribution is 0.350. The largest absolute Gasteiger partial charge is 0.256 e. The van der Waals surface area contributed by atoms with E-state index in [4.69, 9.17) is 11.6 Å². The molecule has 20 heavy (non-hydrogen) atoms. The van der Waals surface area contributed by atoms with Crippen molar-refractivity contribution in [2.24, 2.45) is 0 Å². The first-order valence-electron chi connectivity index (χ1n) is 6.57. The molecule has 0 saturated carbocycles. The van der Waals surface area contributed by atoms with E-state index in [0.29, 0.717) is 41.7 Å². The second kappa shape index (κ2) is 5.31. The molecule has 0 radical (unpaired) electrons. The Hall–Kier alpha value is -1.17. The molecule has 0 spiro atoms. The van der Waals surface area contributed by atoms with E-state index in [-0.39, 0.29) is 5.38 Å². The number of hydrogen-bond acceptors (Lipinski definition) is 3. The highest BCUT2D eigenvalue weighted by Crippen LogP contribution is 2.27. The first kappa shape index (κ1) is 13.8. The topological polar surface area (TPSA) is 50.3 Å². The van der Waals surface area contributed by atoms with Crippen LogP contribution in [0, 0.1) is 0 Å². The molecule has 1 aromatic carbocycles. The monoisotopic (exact) mass is 310 g/mol. The summed E-state index contributed by atoms with van der Waals surface area (Å²) in [6.45, 7) is 0.959. The molecule has 1 aromatic heterocycles. The molecule has 3 rings (SSSR count). The summed E-state index contributed by atoms with van der Waals surface area (Å²) in [7, 11) is -3.48. The van der Waals surface area contributed by atoms with Gasteiger partial charge >= 0.3 is 0 Å². The standard InChI is InChI=1S/C14H15ClN2O2S/c15-11-6-9-17(10-7-11)20(18,19)14-5-1-4-13-12(14)3-2-8-16-13/h1-5,8,11H,6-7,9-10H2. The number of fused-ring (bicyclic) bond motifs is 1. The van der Waals surface area contributed by atoms with Crippen molar-refractivity contribution in [3.8, 4) is 0 Å². The van der Waals surface area contributed by atoms with E-state index in [1.807, 2.05) is 6.07 Å². The van der Waals surface area contributed by atoms with Crippen molar-refractivity contribution < 1.29 is 8.42 Å². The average molecular weight is 311 g/mol. The number of pyridine rings is 1. The third-order valence-electron chi connectivity index (χ3n) is 3.61. The Balaban J connectivity index is 2.05. The highest BCUT2D eigenvalue weighted by atomic mass is 35.5. The van der Waals surface area contributed by atoms with Crippen molar-refractivity contribution in [3.05, 3.63) is 36.5 Å². The van der Waals surface area contributed by atoms with Crippen LogP contribution in [-0.2, 0) is 10.0 Å². The van der Waals surface area contributed by atoms with Gasteiger partial charge in [-0.25, -0.2) is 8.42 Å². The Morgan fingerprint density at radius 2 is 1.90 bits per heavy atom. The minimum atomic E-state index is -3.48. The zero-order chi connectivity index (χ0) is 14.2. The third kappa shape index (κ3) is 2.41. The number of alkyl halides is 1. The van der Waals surface area contributed by atoms with Gasteiger partial charge in [-0.3, -0.25) is 4.98 Å². The van der Waals surface area contributed by atoms with Gasteiger partial charge in [-0.2, -0.15) is 4.31 Å². The van der Waals surface area contributed by atoms with Gasteiger partial charge in [0.1, 0.15) is 0 Å². The minimum absolute atomic E-state index is 0.0793. The molecule has 2 heterocycles. The van der Waals surface area contributed by atoms with Gasteiger partial charge in [-0.1, -0.05) is 6.07 Å². The summed E-state index contributed by atoms with van der Waals surface area (Å²) in [5.74, 6) is 0. The van der Waals surface area contributed by atoms with Crippen LogP contribution in [0.5, 0.6) is 0 Å². The van der Waals surface area contributed by atoms with Crippen LogP contribution in [0.1, 0.15) is 12.8 Å². The molecule has 1 aliphatic heterocycles. The van der Waals surface area contributed by atoms with Crippen LogP contribution >= 0.6 is 11.6 Å². The lowest BCUT2D eigenvalue weighted by Crippen LogP contribution is -2.38. The van der Waals surface area contributed by atoms with Crippen molar-refractivity contribution in [1.29, 1.82) is 0 Å². The zero-order valence-electron chi connectivity index (χ0n) is 10.9. The molecule has 2 aromatic rings. The highest BCUT2D eigenvalue weighted by Gasteiger charge is 2.29. The lowest BCUT2D eigenvalue weighted by atomic mass is 10.2. The Kier molecular flexibility index (Phi) is 3.67. The molecule has 0 atom stereocenters. The molecule has 1 aliphatic rings. The van der Waals surface area contributed by atoms with E-state index >= 15 is 0 Å². The lowest BCUT2D eigenvalue weighted by Gasteiger charge is -2.28. The van der Waals surface area contributed by atoms with Gasteiger partial charge in [0.2, 0.25) is 10.0 Å². The van der Waals surface area contributed by atoms with Gasteiger partial charge in [0.15, 0.2) is 0 Å². The summed E-state index contributed by atoms with van der Waals surface area (Å²) >= 11 is 6.04. The molecule has 0 N–H and O–H groups in total. The summed E-state index contributed by atoms with van der Waals surface area (Å²) in [4.78, 5) is 4.54. The number of piperidine rings is 1. The quantitative estimate of drug-likeness (QED) is 0.801. The Morgan fingerprint density at radius 3 is 2.65 bits per heavy atom. The Bertz CT molecular complexity index is 720. The summed E-state index contributed by atoms with van der Waals surface area (Å²) in [6.07, 6.45) is 3.06. The molecule has 0 aliphatic carbocycles. The van der Waals surface area contributed by atoms with E-state index < -0.39 is 10.0 Å². The zero-order valence-corrected chi connectivity index (χ0v) is 12.4. The van der Waals surface area contributed by atoms with E-state index in [1.54, 1.807) is 30.5 Å². The molecule has 106 valence electrons. The van der Waals surface area contributed by atoms with Gasteiger partial charge < -0.3 is 0 Å². The molecule has 0 amide bonds. The normalized spacial score (nSPS) is 18.4.